The molecule has 0 spiro atoms. The minimum atomic E-state index is -0.560. The molecule has 1 amide bonds. The number of aromatic nitrogens is 4. The van der Waals surface area contributed by atoms with Crippen LogP contribution in [0.3, 0.4) is 0 Å². The highest BCUT2D eigenvalue weighted by Gasteiger charge is 2.38. The van der Waals surface area contributed by atoms with Crippen LogP contribution in [0.25, 0.3) is 5.65 Å². The van der Waals surface area contributed by atoms with E-state index in [9.17, 15) is 4.79 Å². The molecule has 34 heavy (non-hydrogen) atoms. The van der Waals surface area contributed by atoms with Gasteiger partial charge in [0.15, 0.2) is 5.82 Å². The standard InChI is InChI=1S/C24H31ClN8O/c1-16-13-30(4)9-10-32(16)23-27-11-18(25)21(28-23)31-14-17(15-31)22(34)29-24(2,3)19-12-26-20-7-5-6-8-33(19)20/h5-8,11-12,16-17H,9-10,13-15H2,1-4H3,(H,29,34)/t16-/m0/s1. The Kier molecular flexibility index (Phi) is 5.85. The number of carbonyl (C=O) groups is 1. The van der Waals surface area contributed by atoms with Gasteiger partial charge in [0.1, 0.15) is 10.7 Å². The second-order valence-corrected chi connectivity index (χ2v) is 10.3. The molecule has 10 heteroatoms. The molecule has 2 aliphatic rings. The third-order valence-corrected chi connectivity index (χ3v) is 7.11. The van der Waals surface area contributed by atoms with E-state index < -0.39 is 5.54 Å². The fourth-order valence-electron chi connectivity index (χ4n) is 4.83. The third kappa shape index (κ3) is 4.18. The number of hydrogen-bond acceptors (Lipinski definition) is 7. The molecule has 2 aliphatic heterocycles. The Morgan fingerprint density at radius 3 is 2.71 bits per heavy atom. The number of hydrogen-bond donors (Lipinski definition) is 1. The molecule has 1 N–H and O–H groups in total. The van der Waals surface area contributed by atoms with Crippen LogP contribution < -0.4 is 15.1 Å². The SMILES string of the molecule is C[C@H]1CN(C)CCN1c1ncc(Cl)c(N2CC(C(=O)NC(C)(C)c3cnc4ccccn34)C2)n1. The maximum atomic E-state index is 13.1. The highest BCUT2D eigenvalue weighted by atomic mass is 35.5. The first-order valence-corrected chi connectivity index (χ1v) is 12.1. The van der Waals surface area contributed by atoms with Gasteiger partial charge < -0.3 is 24.4 Å². The predicted octanol–water partition coefficient (Wildman–Crippen LogP) is 2.41. The number of carbonyl (C=O) groups excluding carboxylic acids is 1. The number of fused-ring (bicyclic) bond motifs is 1. The van der Waals surface area contributed by atoms with E-state index in [0.717, 1.165) is 31.0 Å². The number of nitrogens with zero attached hydrogens (tertiary/aromatic N) is 7. The molecule has 0 saturated carbocycles. The lowest BCUT2D eigenvalue weighted by Crippen LogP contribution is -2.57. The lowest BCUT2D eigenvalue weighted by atomic mass is 9.95. The van der Waals surface area contributed by atoms with Crippen molar-refractivity contribution in [2.45, 2.75) is 32.4 Å². The van der Waals surface area contributed by atoms with Crippen LogP contribution in [0.1, 0.15) is 26.5 Å². The lowest BCUT2D eigenvalue weighted by molar-refractivity contribution is -0.127. The molecule has 2 fully saturated rings. The molecule has 0 radical (unpaired) electrons. The van der Waals surface area contributed by atoms with E-state index in [1.165, 1.54) is 0 Å². The van der Waals surface area contributed by atoms with Crippen LogP contribution in [0, 0.1) is 5.92 Å². The summed E-state index contributed by atoms with van der Waals surface area (Å²) in [6.45, 7) is 10.2. The number of nitrogens with one attached hydrogen (secondary N) is 1. The molecule has 0 aliphatic carbocycles. The minimum Gasteiger partial charge on any atom is -0.353 e. The lowest BCUT2D eigenvalue weighted by Gasteiger charge is -2.42. The molecule has 5 heterocycles. The van der Waals surface area contributed by atoms with Crippen molar-refractivity contribution in [3.05, 3.63) is 47.5 Å². The Morgan fingerprint density at radius 2 is 1.94 bits per heavy atom. The Balaban J connectivity index is 1.25. The van der Waals surface area contributed by atoms with Crippen molar-refractivity contribution >= 4 is 34.9 Å². The molecule has 5 rings (SSSR count). The summed E-state index contributed by atoms with van der Waals surface area (Å²) in [5, 5.41) is 3.72. The van der Waals surface area contributed by atoms with Crippen molar-refractivity contribution in [1.29, 1.82) is 0 Å². The van der Waals surface area contributed by atoms with E-state index in [1.54, 1.807) is 6.20 Å². The molecule has 0 bridgehead atoms. The van der Waals surface area contributed by atoms with Gasteiger partial charge in [0.25, 0.3) is 0 Å². The van der Waals surface area contributed by atoms with Gasteiger partial charge in [0.2, 0.25) is 11.9 Å². The Labute approximate surface area is 204 Å². The highest BCUT2D eigenvalue weighted by Crippen LogP contribution is 2.32. The summed E-state index contributed by atoms with van der Waals surface area (Å²) in [6, 6.07) is 6.19. The van der Waals surface area contributed by atoms with Gasteiger partial charge in [-0.05, 0) is 40.0 Å². The molecule has 0 unspecified atom stereocenters. The topological polar surface area (TPSA) is 81.9 Å². The maximum Gasteiger partial charge on any atom is 0.227 e. The van der Waals surface area contributed by atoms with Crippen molar-refractivity contribution in [1.82, 2.24) is 29.6 Å². The molecule has 9 nitrogen and oxygen atoms in total. The number of piperazine rings is 1. The number of pyridine rings is 1. The van der Waals surface area contributed by atoms with Crippen LogP contribution in [0.5, 0.6) is 0 Å². The Morgan fingerprint density at radius 1 is 1.15 bits per heavy atom. The van der Waals surface area contributed by atoms with E-state index in [0.29, 0.717) is 35.9 Å². The van der Waals surface area contributed by atoms with Crippen molar-refractivity contribution in [2.75, 3.05) is 49.6 Å². The number of imidazole rings is 1. The summed E-state index contributed by atoms with van der Waals surface area (Å²) in [4.78, 5) is 33.4. The molecule has 2 saturated heterocycles. The van der Waals surface area contributed by atoms with Crippen LogP contribution in [0.15, 0.2) is 36.8 Å². The van der Waals surface area contributed by atoms with Gasteiger partial charge in [0, 0.05) is 45.0 Å². The molecular formula is C24H31ClN8O. The number of amides is 1. The van der Waals surface area contributed by atoms with Crippen molar-refractivity contribution in [3.63, 3.8) is 0 Å². The van der Waals surface area contributed by atoms with Gasteiger partial charge in [-0.3, -0.25) is 4.79 Å². The highest BCUT2D eigenvalue weighted by molar-refractivity contribution is 6.32. The zero-order valence-corrected chi connectivity index (χ0v) is 20.8. The molecule has 1 atom stereocenters. The average molecular weight is 483 g/mol. The number of halogens is 1. The first-order chi connectivity index (χ1) is 16.2. The second kappa shape index (κ2) is 8.70. The quantitative estimate of drug-likeness (QED) is 0.598. The normalized spacial score (nSPS) is 20.0. The molecular weight excluding hydrogens is 452 g/mol. The maximum absolute atomic E-state index is 13.1. The Bertz CT molecular complexity index is 1200. The zero-order chi connectivity index (χ0) is 24.0. The smallest absolute Gasteiger partial charge is 0.227 e. The minimum absolute atomic E-state index is 0.0187. The van der Waals surface area contributed by atoms with Crippen LogP contribution in [0.4, 0.5) is 11.8 Å². The van der Waals surface area contributed by atoms with E-state index >= 15 is 0 Å². The molecule has 3 aromatic heterocycles. The second-order valence-electron chi connectivity index (χ2n) is 9.93. The zero-order valence-electron chi connectivity index (χ0n) is 20.1. The number of anilines is 2. The van der Waals surface area contributed by atoms with Crippen LogP contribution in [0.2, 0.25) is 5.02 Å². The first kappa shape index (κ1) is 22.9. The summed E-state index contributed by atoms with van der Waals surface area (Å²) in [5.41, 5.74) is 1.24. The average Bonchev–Trinajstić information content (AvgIpc) is 3.19. The number of rotatable bonds is 5. The fraction of sp³-hybridized carbons (Fsp3) is 0.500. The summed E-state index contributed by atoms with van der Waals surface area (Å²) in [7, 11) is 2.13. The largest absolute Gasteiger partial charge is 0.353 e. The molecule has 3 aromatic rings. The fourth-order valence-corrected chi connectivity index (χ4v) is 5.04. The summed E-state index contributed by atoms with van der Waals surface area (Å²) in [5.74, 6) is 1.28. The van der Waals surface area contributed by atoms with Crippen LogP contribution >= 0.6 is 11.6 Å². The molecule has 180 valence electrons. The van der Waals surface area contributed by atoms with E-state index in [1.807, 2.05) is 48.8 Å². The van der Waals surface area contributed by atoms with Gasteiger partial charge in [-0.15, -0.1) is 0 Å². The predicted molar refractivity (Wildman–Crippen MR) is 133 cm³/mol. The van der Waals surface area contributed by atoms with Gasteiger partial charge in [-0.1, -0.05) is 17.7 Å². The third-order valence-electron chi connectivity index (χ3n) is 6.85. The van der Waals surface area contributed by atoms with Crippen LogP contribution in [-0.2, 0) is 10.3 Å². The van der Waals surface area contributed by atoms with Gasteiger partial charge in [0.05, 0.1) is 29.5 Å². The first-order valence-electron chi connectivity index (χ1n) is 11.7. The van der Waals surface area contributed by atoms with E-state index in [2.05, 4.69) is 44.0 Å². The van der Waals surface area contributed by atoms with Crippen LogP contribution in [-0.4, -0.2) is 76.0 Å². The summed E-state index contributed by atoms with van der Waals surface area (Å²) in [6.07, 6.45) is 5.46. The van der Waals surface area contributed by atoms with Crippen molar-refractivity contribution in [2.24, 2.45) is 5.92 Å². The van der Waals surface area contributed by atoms with Gasteiger partial charge in [-0.2, -0.15) is 4.98 Å². The van der Waals surface area contributed by atoms with Crippen molar-refractivity contribution in [3.8, 4) is 0 Å². The van der Waals surface area contributed by atoms with Gasteiger partial charge >= 0.3 is 0 Å². The molecule has 0 aromatic carbocycles. The monoisotopic (exact) mass is 482 g/mol. The summed E-state index contributed by atoms with van der Waals surface area (Å²) >= 11 is 6.46. The summed E-state index contributed by atoms with van der Waals surface area (Å²) < 4.78 is 2.01. The van der Waals surface area contributed by atoms with Gasteiger partial charge in [-0.25, -0.2) is 9.97 Å². The van der Waals surface area contributed by atoms with E-state index in [4.69, 9.17) is 16.6 Å². The van der Waals surface area contributed by atoms with Crippen molar-refractivity contribution < 1.29 is 4.79 Å². The van der Waals surface area contributed by atoms with E-state index in [-0.39, 0.29) is 11.8 Å². The Hall–Kier alpha value is -2.91. The number of likely N-dealkylation sites (N-methyl/N-ethyl adjacent to an activating group) is 1.